The van der Waals surface area contributed by atoms with Crippen molar-refractivity contribution >= 4 is 21.7 Å². The minimum atomic E-state index is 0.134. The van der Waals surface area contributed by atoms with Gasteiger partial charge in [0.05, 0.1) is 4.83 Å². The van der Waals surface area contributed by atoms with Crippen LogP contribution in [0.25, 0.3) is 0 Å². The summed E-state index contributed by atoms with van der Waals surface area (Å²) in [5.41, 5.74) is 1.08. The van der Waals surface area contributed by atoms with E-state index in [-0.39, 0.29) is 4.83 Å². The quantitative estimate of drug-likeness (QED) is 0.536. The lowest BCUT2D eigenvalue weighted by molar-refractivity contribution is -0.136. The molecule has 0 saturated heterocycles. The highest BCUT2D eigenvalue weighted by atomic mass is 79.9. The molecule has 4 saturated carbocycles. The van der Waals surface area contributed by atoms with E-state index < -0.39 is 0 Å². The van der Waals surface area contributed by atoms with Gasteiger partial charge >= 0.3 is 0 Å². The van der Waals surface area contributed by atoms with Crippen LogP contribution in [-0.2, 0) is 4.79 Å². The van der Waals surface area contributed by atoms with Crippen molar-refractivity contribution in [1.82, 2.24) is 0 Å². The monoisotopic (exact) mass is 352 g/mol. The molecule has 0 aromatic heterocycles. The summed E-state index contributed by atoms with van der Waals surface area (Å²) in [5, 5.41) is 0. The van der Waals surface area contributed by atoms with Crippen LogP contribution in [0, 0.1) is 34.5 Å². The van der Waals surface area contributed by atoms with E-state index in [4.69, 9.17) is 0 Å². The summed E-state index contributed by atoms with van der Waals surface area (Å²) >= 11 is 3.68. The minimum absolute atomic E-state index is 0.134. The molecule has 2 heteroatoms. The van der Waals surface area contributed by atoms with Gasteiger partial charge in [-0.15, -0.1) is 0 Å². The summed E-state index contributed by atoms with van der Waals surface area (Å²) in [4.78, 5) is 12.3. The molecular weight excluding hydrogens is 324 g/mol. The first kappa shape index (κ1) is 14.7. The van der Waals surface area contributed by atoms with E-state index in [1.807, 2.05) is 0 Å². The number of fused-ring (bicyclic) bond motifs is 5. The third-order valence-corrected chi connectivity index (χ3v) is 9.10. The smallest absolute Gasteiger partial charge is 0.146 e. The van der Waals surface area contributed by atoms with Gasteiger partial charge in [-0.25, -0.2) is 0 Å². The van der Waals surface area contributed by atoms with Gasteiger partial charge < -0.3 is 0 Å². The molecule has 4 aliphatic rings. The van der Waals surface area contributed by atoms with E-state index in [2.05, 4.69) is 29.8 Å². The second kappa shape index (κ2) is 4.82. The predicted octanol–water partition coefficient (Wildman–Crippen LogP) is 5.36. The van der Waals surface area contributed by atoms with Crippen molar-refractivity contribution in [3.63, 3.8) is 0 Å². The molecule has 1 nitrogen and oxygen atoms in total. The Hall–Kier alpha value is 0.150. The maximum atomic E-state index is 12.1. The molecule has 0 aliphatic heterocycles. The fourth-order valence-corrected chi connectivity index (χ4v) is 7.94. The number of alkyl halides is 1. The van der Waals surface area contributed by atoms with Crippen LogP contribution in [0.1, 0.15) is 71.6 Å². The van der Waals surface area contributed by atoms with Crippen molar-refractivity contribution in [2.24, 2.45) is 34.5 Å². The van der Waals surface area contributed by atoms with E-state index in [9.17, 15) is 4.79 Å². The Morgan fingerprint density at radius 1 is 1.05 bits per heavy atom. The number of ketones is 1. The Morgan fingerprint density at radius 2 is 1.86 bits per heavy atom. The Kier molecular flexibility index (Phi) is 3.38. The normalized spacial score (nSPS) is 56.5. The largest absolute Gasteiger partial charge is 0.298 e. The van der Waals surface area contributed by atoms with Crippen molar-refractivity contribution in [2.75, 3.05) is 0 Å². The van der Waals surface area contributed by atoms with Gasteiger partial charge in [0.1, 0.15) is 5.78 Å². The zero-order valence-corrected chi connectivity index (χ0v) is 15.1. The number of carbonyl (C=O) groups is 1. The summed E-state index contributed by atoms with van der Waals surface area (Å²) in [6.45, 7) is 5.11. The van der Waals surface area contributed by atoms with Gasteiger partial charge in [0, 0.05) is 6.42 Å². The van der Waals surface area contributed by atoms with Gasteiger partial charge in [-0.3, -0.25) is 4.79 Å². The van der Waals surface area contributed by atoms with Crippen molar-refractivity contribution in [1.29, 1.82) is 0 Å². The van der Waals surface area contributed by atoms with Crippen LogP contribution in [0.5, 0.6) is 0 Å². The van der Waals surface area contributed by atoms with E-state index in [0.29, 0.717) is 22.5 Å². The van der Waals surface area contributed by atoms with Gasteiger partial charge in [0.25, 0.3) is 0 Å². The van der Waals surface area contributed by atoms with Crippen molar-refractivity contribution < 1.29 is 4.79 Å². The van der Waals surface area contributed by atoms with Crippen molar-refractivity contribution in [3.8, 4) is 0 Å². The van der Waals surface area contributed by atoms with E-state index in [1.54, 1.807) is 0 Å². The summed E-state index contributed by atoms with van der Waals surface area (Å²) in [5.74, 6) is 3.98. The number of hydrogen-bond acceptors (Lipinski definition) is 1. The number of halogens is 1. The average Bonchev–Trinajstić information content (AvgIpc) is 2.82. The molecule has 0 N–H and O–H groups in total. The molecule has 7 atom stereocenters. The molecule has 4 aliphatic carbocycles. The standard InChI is InChI=1S/C19H29BrO/c1-18-8-3-4-14(18)13-6-5-12-10-17(21)16(20)11-19(12,2)15(13)7-9-18/h12-16H,3-11H2,1-2H3/t12-,13-,14+,15+,16+,18+,19-/m0/s1. The Bertz CT molecular complexity index is 460. The zero-order chi connectivity index (χ0) is 14.8. The lowest BCUT2D eigenvalue weighted by Crippen LogP contribution is -2.54. The van der Waals surface area contributed by atoms with Crippen LogP contribution >= 0.6 is 15.9 Å². The lowest BCUT2D eigenvalue weighted by Gasteiger charge is -2.60. The summed E-state index contributed by atoms with van der Waals surface area (Å²) in [7, 11) is 0. The molecule has 21 heavy (non-hydrogen) atoms. The molecule has 0 heterocycles. The lowest BCUT2D eigenvalue weighted by atomic mass is 9.45. The third-order valence-electron chi connectivity index (χ3n) is 8.26. The molecule has 0 amide bonds. The second-order valence-electron chi connectivity index (χ2n) is 9.08. The highest BCUT2D eigenvalue weighted by Crippen LogP contribution is 2.66. The zero-order valence-electron chi connectivity index (χ0n) is 13.5. The summed E-state index contributed by atoms with van der Waals surface area (Å²) in [6.07, 6.45) is 12.0. The SMILES string of the molecule is C[C@]12CCC[C@@H]1[C@@H]1CC[C@H]3CC(=O)[C@H](Br)C[C@]3(C)[C@@H]1CC2. The van der Waals surface area contributed by atoms with Crippen LogP contribution < -0.4 is 0 Å². The molecule has 4 rings (SSSR count). The highest BCUT2D eigenvalue weighted by Gasteiger charge is 2.58. The Morgan fingerprint density at radius 3 is 2.67 bits per heavy atom. The first-order chi connectivity index (χ1) is 9.94. The van der Waals surface area contributed by atoms with E-state index >= 15 is 0 Å². The van der Waals surface area contributed by atoms with Crippen LogP contribution in [0.2, 0.25) is 0 Å². The summed E-state index contributed by atoms with van der Waals surface area (Å²) < 4.78 is 0. The third kappa shape index (κ3) is 2.03. The molecule has 0 spiro atoms. The van der Waals surface area contributed by atoms with Gasteiger partial charge in [0.2, 0.25) is 0 Å². The van der Waals surface area contributed by atoms with Gasteiger partial charge in [-0.05, 0) is 79.4 Å². The maximum absolute atomic E-state index is 12.1. The molecule has 0 radical (unpaired) electrons. The topological polar surface area (TPSA) is 17.1 Å². The van der Waals surface area contributed by atoms with E-state index in [1.165, 1.54) is 44.9 Å². The first-order valence-electron chi connectivity index (χ1n) is 9.11. The van der Waals surface area contributed by atoms with Crippen molar-refractivity contribution in [2.45, 2.75) is 76.5 Å². The molecule has 0 unspecified atom stereocenters. The Labute approximate surface area is 137 Å². The average molecular weight is 353 g/mol. The molecule has 118 valence electrons. The van der Waals surface area contributed by atoms with Crippen LogP contribution in [-0.4, -0.2) is 10.6 Å². The minimum Gasteiger partial charge on any atom is -0.298 e. The molecule has 0 bridgehead atoms. The van der Waals surface area contributed by atoms with Crippen LogP contribution in [0.15, 0.2) is 0 Å². The van der Waals surface area contributed by atoms with E-state index in [0.717, 1.165) is 30.6 Å². The molecule has 0 aromatic rings. The summed E-state index contributed by atoms with van der Waals surface area (Å²) in [6, 6.07) is 0. The van der Waals surface area contributed by atoms with Gasteiger partial charge in [0.15, 0.2) is 0 Å². The second-order valence-corrected chi connectivity index (χ2v) is 10.2. The number of rotatable bonds is 0. The number of carbonyl (C=O) groups excluding carboxylic acids is 1. The van der Waals surface area contributed by atoms with Crippen molar-refractivity contribution in [3.05, 3.63) is 0 Å². The molecule has 0 aromatic carbocycles. The first-order valence-corrected chi connectivity index (χ1v) is 10.0. The fraction of sp³-hybridized carbons (Fsp3) is 0.947. The van der Waals surface area contributed by atoms with Crippen LogP contribution in [0.4, 0.5) is 0 Å². The van der Waals surface area contributed by atoms with Gasteiger partial charge in [-0.1, -0.05) is 36.2 Å². The molecule has 4 fully saturated rings. The highest BCUT2D eigenvalue weighted by molar-refractivity contribution is 9.10. The molecular formula is C19H29BrO. The predicted molar refractivity (Wildman–Crippen MR) is 89.4 cm³/mol. The fourth-order valence-electron chi connectivity index (χ4n) is 7.05. The van der Waals surface area contributed by atoms with Gasteiger partial charge in [-0.2, -0.15) is 0 Å². The Balaban J connectivity index is 1.65. The number of Topliss-reactive ketones (excluding diaryl/α,β-unsaturated/α-hetero) is 1. The van der Waals surface area contributed by atoms with Crippen LogP contribution in [0.3, 0.4) is 0 Å². The maximum Gasteiger partial charge on any atom is 0.146 e. The number of hydrogen-bond donors (Lipinski definition) is 0.